The molecular weight excluding hydrogens is 396 g/mol. The van der Waals surface area contributed by atoms with Crippen molar-refractivity contribution in [1.82, 2.24) is 4.72 Å². The van der Waals surface area contributed by atoms with Gasteiger partial charge in [0.05, 0.1) is 6.04 Å². The lowest BCUT2D eigenvalue weighted by Gasteiger charge is -2.14. The number of carbonyl (C=O) groups is 1. The lowest BCUT2D eigenvalue weighted by molar-refractivity contribution is -0.117. The molecule has 0 aliphatic carbocycles. The van der Waals surface area contributed by atoms with Crippen molar-refractivity contribution in [1.29, 1.82) is 0 Å². The Bertz CT molecular complexity index is 1050. The summed E-state index contributed by atoms with van der Waals surface area (Å²) in [5.74, 6) is 0.913. The van der Waals surface area contributed by atoms with Crippen molar-refractivity contribution in [3.63, 3.8) is 0 Å². The smallest absolute Gasteiger partial charge is 0.250 e. The van der Waals surface area contributed by atoms with E-state index >= 15 is 0 Å². The van der Waals surface area contributed by atoms with Gasteiger partial charge in [0.15, 0.2) is 0 Å². The first-order chi connectivity index (χ1) is 13.3. The zero-order valence-corrected chi connectivity index (χ0v) is 17.0. The highest BCUT2D eigenvalue weighted by Gasteiger charge is 2.22. The van der Waals surface area contributed by atoms with Crippen molar-refractivity contribution in [3.8, 4) is 11.5 Å². The second-order valence-electron chi connectivity index (χ2n) is 6.21. The number of hydrogen-bond donors (Lipinski definition) is 2. The van der Waals surface area contributed by atoms with Crippen LogP contribution in [-0.2, 0) is 14.8 Å². The van der Waals surface area contributed by atoms with Crippen LogP contribution in [0.4, 0.5) is 5.69 Å². The van der Waals surface area contributed by atoms with Gasteiger partial charge in [0.25, 0.3) is 10.0 Å². The standard InChI is InChI=1S/C20H20N2O4S2/c1-14-5-3-6-18(13-14)26-17-10-8-16(9-11-17)21-20(23)15(2)22-28(24,25)19-7-4-12-27-19/h3-13,15,22H,1-2H3,(H,21,23). The van der Waals surface area contributed by atoms with Crippen molar-refractivity contribution >= 4 is 33.0 Å². The third-order valence-electron chi connectivity index (χ3n) is 3.83. The fourth-order valence-electron chi connectivity index (χ4n) is 2.43. The summed E-state index contributed by atoms with van der Waals surface area (Å²) in [6, 6.07) is 16.8. The molecule has 1 heterocycles. The Hall–Kier alpha value is -2.68. The molecule has 0 aliphatic heterocycles. The lowest BCUT2D eigenvalue weighted by atomic mass is 10.2. The molecule has 146 valence electrons. The van der Waals surface area contributed by atoms with Gasteiger partial charge in [-0.25, -0.2) is 8.42 Å². The molecule has 1 aromatic heterocycles. The predicted octanol–water partition coefficient (Wildman–Crippen LogP) is 4.15. The van der Waals surface area contributed by atoms with Crippen LogP contribution in [0.3, 0.4) is 0 Å². The van der Waals surface area contributed by atoms with E-state index in [9.17, 15) is 13.2 Å². The van der Waals surface area contributed by atoms with Crippen LogP contribution in [-0.4, -0.2) is 20.4 Å². The van der Waals surface area contributed by atoms with Crippen molar-refractivity contribution in [2.24, 2.45) is 0 Å². The highest BCUT2D eigenvalue weighted by molar-refractivity contribution is 7.91. The SMILES string of the molecule is Cc1cccc(Oc2ccc(NC(=O)C(C)NS(=O)(=O)c3cccs3)cc2)c1. The number of rotatable bonds is 7. The maximum atomic E-state index is 12.3. The fraction of sp³-hybridized carbons (Fsp3) is 0.150. The Kier molecular flexibility index (Phi) is 6.13. The Morgan fingerprint density at radius 1 is 1.04 bits per heavy atom. The van der Waals surface area contributed by atoms with E-state index in [1.54, 1.807) is 35.7 Å². The van der Waals surface area contributed by atoms with Crippen LogP contribution < -0.4 is 14.8 Å². The first-order valence-corrected chi connectivity index (χ1v) is 10.9. The average Bonchev–Trinajstić information content (AvgIpc) is 3.19. The molecule has 8 heteroatoms. The maximum absolute atomic E-state index is 12.3. The molecule has 0 bridgehead atoms. The van der Waals surface area contributed by atoms with Crippen LogP contribution in [0.5, 0.6) is 11.5 Å². The molecule has 1 unspecified atom stereocenters. The normalized spacial score (nSPS) is 12.4. The van der Waals surface area contributed by atoms with E-state index in [2.05, 4.69) is 10.0 Å². The molecule has 0 saturated heterocycles. The van der Waals surface area contributed by atoms with Gasteiger partial charge in [0.2, 0.25) is 5.91 Å². The third-order valence-corrected chi connectivity index (χ3v) is 6.77. The minimum Gasteiger partial charge on any atom is -0.457 e. The largest absolute Gasteiger partial charge is 0.457 e. The zero-order chi connectivity index (χ0) is 20.1. The molecule has 0 fully saturated rings. The number of benzene rings is 2. The molecule has 1 atom stereocenters. The molecule has 2 N–H and O–H groups in total. The molecule has 0 radical (unpaired) electrons. The van der Waals surface area contributed by atoms with Gasteiger partial charge < -0.3 is 10.1 Å². The molecule has 0 aliphatic rings. The van der Waals surface area contributed by atoms with Gasteiger partial charge in [-0.2, -0.15) is 4.72 Å². The molecule has 3 aromatic rings. The van der Waals surface area contributed by atoms with E-state index in [-0.39, 0.29) is 4.21 Å². The van der Waals surface area contributed by atoms with Gasteiger partial charge in [-0.3, -0.25) is 4.79 Å². The Morgan fingerprint density at radius 2 is 1.79 bits per heavy atom. The van der Waals surface area contributed by atoms with Gasteiger partial charge in [-0.15, -0.1) is 11.3 Å². The van der Waals surface area contributed by atoms with Crippen molar-refractivity contribution < 1.29 is 17.9 Å². The molecule has 0 saturated carbocycles. The van der Waals surface area contributed by atoms with Gasteiger partial charge in [0, 0.05) is 5.69 Å². The van der Waals surface area contributed by atoms with E-state index in [0.29, 0.717) is 11.4 Å². The molecule has 1 amide bonds. The number of anilines is 1. The first-order valence-electron chi connectivity index (χ1n) is 8.55. The monoisotopic (exact) mass is 416 g/mol. The molecule has 6 nitrogen and oxygen atoms in total. The van der Waals surface area contributed by atoms with Crippen LogP contribution in [0.25, 0.3) is 0 Å². The maximum Gasteiger partial charge on any atom is 0.250 e. The number of sulfonamides is 1. The van der Waals surface area contributed by atoms with Crippen LogP contribution in [0.1, 0.15) is 12.5 Å². The topological polar surface area (TPSA) is 84.5 Å². The lowest BCUT2D eigenvalue weighted by Crippen LogP contribution is -2.41. The Labute approximate surface area is 168 Å². The van der Waals surface area contributed by atoms with Crippen LogP contribution in [0, 0.1) is 6.92 Å². The summed E-state index contributed by atoms with van der Waals surface area (Å²) in [4.78, 5) is 12.3. The Balaban J connectivity index is 1.59. The summed E-state index contributed by atoms with van der Waals surface area (Å²) in [7, 11) is -3.71. The molecular formula is C20H20N2O4S2. The van der Waals surface area contributed by atoms with Crippen molar-refractivity contribution in [2.75, 3.05) is 5.32 Å². The van der Waals surface area contributed by atoms with Gasteiger partial charge >= 0.3 is 0 Å². The molecule has 0 spiro atoms. The molecule has 28 heavy (non-hydrogen) atoms. The number of thiophene rings is 1. The summed E-state index contributed by atoms with van der Waals surface area (Å²) >= 11 is 1.09. The van der Waals surface area contributed by atoms with Crippen LogP contribution in [0.15, 0.2) is 70.3 Å². The number of ether oxygens (including phenoxy) is 1. The summed E-state index contributed by atoms with van der Waals surface area (Å²) in [5.41, 5.74) is 1.64. The number of aryl methyl sites for hydroxylation is 1. The van der Waals surface area contributed by atoms with E-state index in [4.69, 9.17) is 4.74 Å². The zero-order valence-electron chi connectivity index (χ0n) is 15.4. The van der Waals surface area contributed by atoms with Crippen molar-refractivity contribution in [3.05, 3.63) is 71.6 Å². The second-order valence-corrected chi connectivity index (χ2v) is 9.10. The van der Waals surface area contributed by atoms with Crippen LogP contribution >= 0.6 is 11.3 Å². The van der Waals surface area contributed by atoms with Crippen LogP contribution in [0.2, 0.25) is 0 Å². The second kappa shape index (κ2) is 8.55. The van der Waals surface area contributed by atoms with Gasteiger partial charge in [-0.1, -0.05) is 18.2 Å². The third kappa shape index (κ3) is 5.19. The Morgan fingerprint density at radius 3 is 2.43 bits per heavy atom. The minimum absolute atomic E-state index is 0.171. The van der Waals surface area contributed by atoms with E-state index in [1.807, 2.05) is 31.2 Å². The summed E-state index contributed by atoms with van der Waals surface area (Å²) in [6.45, 7) is 3.48. The number of hydrogen-bond acceptors (Lipinski definition) is 5. The first kappa shape index (κ1) is 20.1. The molecule has 3 rings (SSSR count). The minimum atomic E-state index is -3.71. The highest BCUT2D eigenvalue weighted by Crippen LogP contribution is 2.24. The van der Waals surface area contributed by atoms with E-state index in [1.165, 1.54) is 13.0 Å². The summed E-state index contributed by atoms with van der Waals surface area (Å²) < 4.78 is 32.7. The van der Waals surface area contributed by atoms with E-state index < -0.39 is 22.0 Å². The van der Waals surface area contributed by atoms with E-state index in [0.717, 1.165) is 22.6 Å². The molecule has 2 aromatic carbocycles. The van der Waals surface area contributed by atoms with Gasteiger partial charge in [0.1, 0.15) is 15.7 Å². The predicted molar refractivity (Wildman–Crippen MR) is 110 cm³/mol. The number of nitrogens with one attached hydrogen (secondary N) is 2. The quantitative estimate of drug-likeness (QED) is 0.606. The van der Waals surface area contributed by atoms with Gasteiger partial charge in [-0.05, 0) is 67.3 Å². The van der Waals surface area contributed by atoms with Crippen molar-refractivity contribution in [2.45, 2.75) is 24.1 Å². The average molecular weight is 417 g/mol. The summed E-state index contributed by atoms with van der Waals surface area (Å²) in [6.07, 6.45) is 0. The number of amides is 1. The highest BCUT2D eigenvalue weighted by atomic mass is 32.2. The number of carbonyl (C=O) groups excluding carboxylic acids is 1. The fourth-order valence-corrected chi connectivity index (χ4v) is 4.64. The summed E-state index contributed by atoms with van der Waals surface area (Å²) in [5, 5.41) is 4.36.